The first-order valence-corrected chi connectivity index (χ1v) is 7.99. The van der Waals surface area contributed by atoms with E-state index < -0.39 is 5.60 Å². The van der Waals surface area contributed by atoms with Crippen molar-refractivity contribution in [3.63, 3.8) is 0 Å². The second-order valence-electron chi connectivity index (χ2n) is 6.60. The highest BCUT2D eigenvalue weighted by molar-refractivity contribution is 9.10. The summed E-state index contributed by atoms with van der Waals surface area (Å²) in [5.41, 5.74) is 9.15. The molecule has 2 rings (SSSR count). The topological polar surface area (TPSA) is 55.6 Å². The van der Waals surface area contributed by atoms with Crippen LogP contribution in [0.2, 0.25) is 0 Å². The number of benzene rings is 1. The normalized spacial score (nSPS) is 19.0. The van der Waals surface area contributed by atoms with E-state index in [9.17, 15) is 4.79 Å². The summed E-state index contributed by atoms with van der Waals surface area (Å²) in [5.74, 6) is 0. The van der Waals surface area contributed by atoms with Gasteiger partial charge in [-0.1, -0.05) is 22.0 Å². The van der Waals surface area contributed by atoms with Crippen LogP contribution in [-0.2, 0) is 11.3 Å². The van der Waals surface area contributed by atoms with Crippen molar-refractivity contribution >= 4 is 22.0 Å². The standard InChI is InChI=1S/C16H23BrN2O2/c1-10-7-12-11(8-13(10)17)9-19(6-5-14(12)18)15(20)21-16(2,3)4/h7-8,14H,5-6,9,18H2,1-4H3. The molecule has 116 valence electrons. The number of rotatable bonds is 0. The lowest BCUT2D eigenvalue weighted by Gasteiger charge is -2.26. The van der Waals surface area contributed by atoms with Gasteiger partial charge in [0.05, 0.1) is 0 Å². The Labute approximate surface area is 134 Å². The molecule has 0 bridgehead atoms. The van der Waals surface area contributed by atoms with Gasteiger partial charge in [-0.25, -0.2) is 4.79 Å². The van der Waals surface area contributed by atoms with Crippen LogP contribution in [0.15, 0.2) is 16.6 Å². The van der Waals surface area contributed by atoms with Crippen LogP contribution in [0.25, 0.3) is 0 Å². The minimum absolute atomic E-state index is 0.0424. The van der Waals surface area contributed by atoms with Crippen molar-refractivity contribution in [2.45, 2.75) is 52.3 Å². The van der Waals surface area contributed by atoms with E-state index in [0.29, 0.717) is 13.1 Å². The number of nitrogens with zero attached hydrogens (tertiary/aromatic N) is 1. The van der Waals surface area contributed by atoms with Crippen molar-refractivity contribution in [1.82, 2.24) is 4.90 Å². The second kappa shape index (κ2) is 5.97. The third kappa shape index (κ3) is 3.98. The molecule has 0 radical (unpaired) electrons. The molecule has 1 aliphatic rings. The molecule has 0 fully saturated rings. The van der Waals surface area contributed by atoms with E-state index in [1.54, 1.807) is 4.90 Å². The number of carbonyl (C=O) groups is 1. The molecule has 0 saturated carbocycles. The largest absolute Gasteiger partial charge is 0.444 e. The molecule has 5 heteroatoms. The average molecular weight is 355 g/mol. The number of hydrogen-bond donors (Lipinski definition) is 1. The van der Waals surface area contributed by atoms with Crippen LogP contribution in [-0.4, -0.2) is 23.1 Å². The molecule has 2 N–H and O–H groups in total. The van der Waals surface area contributed by atoms with Crippen molar-refractivity contribution in [1.29, 1.82) is 0 Å². The van der Waals surface area contributed by atoms with Gasteiger partial charge in [0.1, 0.15) is 5.60 Å². The van der Waals surface area contributed by atoms with Crippen molar-refractivity contribution in [2.24, 2.45) is 5.73 Å². The van der Waals surface area contributed by atoms with Crippen molar-refractivity contribution < 1.29 is 9.53 Å². The summed E-state index contributed by atoms with van der Waals surface area (Å²) in [6.45, 7) is 8.83. The van der Waals surface area contributed by atoms with Crippen molar-refractivity contribution in [3.8, 4) is 0 Å². The predicted octanol–water partition coefficient (Wildman–Crippen LogP) is 3.90. The van der Waals surface area contributed by atoms with Crippen LogP contribution in [0.3, 0.4) is 0 Å². The molecule has 1 amide bonds. The molecule has 1 atom stereocenters. The molecule has 0 aromatic heterocycles. The molecule has 0 saturated heterocycles. The minimum Gasteiger partial charge on any atom is -0.444 e. The van der Waals surface area contributed by atoms with Gasteiger partial charge >= 0.3 is 6.09 Å². The Morgan fingerprint density at radius 3 is 2.71 bits per heavy atom. The molecule has 1 unspecified atom stereocenters. The summed E-state index contributed by atoms with van der Waals surface area (Å²) in [5, 5.41) is 0. The van der Waals surface area contributed by atoms with Gasteiger partial charge in [-0.05, 0) is 56.9 Å². The summed E-state index contributed by atoms with van der Waals surface area (Å²) in [7, 11) is 0. The Hall–Kier alpha value is -1.07. The fourth-order valence-corrected chi connectivity index (χ4v) is 2.84. The summed E-state index contributed by atoms with van der Waals surface area (Å²) in [6, 6.07) is 4.13. The maximum atomic E-state index is 12.3. The van der Waals surface area contributed by atoms with Gasteiger partial charge in [0.2, 0.25) is 0 Å². The zero-order chi connectivity index (χ0) is 15.8. The number of amides is 1. The van der Waals surface area contributed by atoms with Crippen LogP contribution in [0, 0.1) is 6.92 Å². The second-order valence-corrected chi connectivity index (χ2v) is 7.45. The maximum Gasteiger partial charge on any atom is 0.410 e. The first kappa shape index (κ1) is 16.3. The zero-order valence-electron chi connectivity index (χ0n) is 13.1. The highest BCUT2D eigenvalue weighted by Crippen LogP contribution is 2.30. The number of aryl methyl sites for hydroxylation is 1. The molecule has 1 heterocycles. The third-order valence-corrected chi connectivity index (χ3v) is 4.40. The monoisotopic (exact) mass is 354 g/mol. The average Bonchev–Trinajstić information content (AvgIpc) is 2.49. The fraction of sp³-hybridized carbons (Fsp3) is 0.562. The number of hydrogen-bond acceptors (Lipinski definition) is 3. The first-order chi connectivity index (χ1) is 9.67. The van der Waals surface area contributed by atoms with Crippen molar-refractivity contribution in [3.05, 3.63) is 33.3 Å². The lowest BCUT2D eigenvalue weighted by atomic mass is 9.98. The fourth-order valence-electron chi connectivity index (χ4n) is 2.44. The molecule has 1 aromatic rings. The summed E-state index contributed by atoms with van der Waals surface area (Å²) < 4.78 is 6.51. The summed E-state index contributed by atoms with van der Waals surface area (Å²) in [6.07, 6.45) is 0.465. The van der Waals surface area contributed by atoms with E-state index in [-0.39, 0.29) is 12.1 Å². The molecule has 1 aromatic carbocycles. The number of fused-ring (bicyclic) bond motifs is 1. The van der Waals surface area contributed by atoms with E-state index >= 15 is 0 Å². The highest BCUT2D eigenvalue weighted by atomic mass is 79.9. The molecule has 0 spiro atoms. The molecular weight excluding hydrogens is 332 g/mol. The molecule has 0 aliphatic carbocycles. The van der Waals surface area contributed by atoms with Gasteiger partial charge in [0.25, 0.3) is 0 Å². The maximum absolute atomic E-state index is 12.3. The van der Waals surface area contributed by atoms with Crippen LogP contribution in [0.5, 0.6) is 0 Å². The molecular formula is C16H23BrN2O2. The van der Waals surface area contributed by atoms with E-state index in [4.69, 9.17) is 10.5 Å². The van der Waals surface area contributed by atoms with Crippen LogP contribution in [0.4, 0.5) is 4.79 Å². The van der Waals surface area contributed by atoms with Crippen LogP contribution < -0.4 is 5.73 Å². The Bertz CT molecular complexity index is 552. The Balaban J connectivity index is 2.27. The predicted molar refractivity (Wildman–Crippen MR) is 87.1 cm³/mol. The smallest absolute Gasteiger partial charge is 0.410 e. The lowest BCUT2D eigenvalue weighted by molar-refractivity contribution is 0.0235. The number of ether oxygens (including phenoxy) is 1. The highest BCUT2D eigenvalue weighted by Gasteiger charge is 2.27. The van der Waals surface area contributed by atoms with Crippen LogP contribution >= 0.6 is 15.9 Å². The van der Waals surface area contributed by atoms with Crippen LogP contribution in [0.1, 0.15) is 49.9 Å². The van der Waals surface area contributed by atoms with E-state index in [1.807, 2.05) is 27.7 Å². The van der Waals surface area contributed by atoms with Crippen molar-refractivity contribution in [2.75, 3.05) is 6.54 Å². The van der Waals surface area contributed by atoms with Gasteiger partial charge in [-0.3, -0.25) is 0 Å². The Kier molecular flexibility index (Phi) is 4.63. The molecule has 21 heavy (non-hydrogen) atoms. The van der Waals surface area contributed by atoms with E-state index in [0.717, 1.165) is 27.6 Å². The van der Waals surface area contributed by atoms with Gasteiger partial charge in [0.15, 0.2) is 0 Å². The number of nitrogens with two attached hydrogens (primary N) is 1. The van der Waals surface area contributed by atoms with E-state index in [1.165, 1.54) is 0 Å². The quantitative estimate of drug-likeness (QED) is 0.768. The minimum atomic E-state index is -0.484. The summed E-state index contributed by atoms with van der Waals surface area (Å²) >= 11 is 3.55. The van der Waals surface area contributed by atoms with E-state index in [2.05, 4.69) is 28.1 Å². The number of carbonyl (C=O) groups excluding carboxylic acids is 1. The number of halogens is 1. The van der Waals surface area contributed by atoms with Gasteiger partial charge in [0, 0.05) is 23.6 Å². The first-order valence-electron chi connectivity index (χ1n) is 7.20. The zero-order valence-corrected chi connectivity index (χ0v) is 14.7. The SMILES string of the molecule is Cc1cc2c(cc1Br)CN(C(=O)OC(C)(C)C)CCC2N. The van der Waals surface area contributed by atoms with Gasteiger partial charge in [-0.15, -0.1) is 0 Å². The van der Waals surface area contributed by atoms with Gasteiger partial charge < -0.3 is 15.4 Å². The lowest BCUT2D eigenvalue weighted by Crippen LogP contribution is -2.36. The molecule has 4 nitrogen and oxygen atoms in total. The van der Waals surface area contributed by atoms with Gasteiger partial charge in [-0.2, -0.15) is 0 Å². The Morgan fingerprint density at radius 2 is 2.10 bits per heavy atom. The molecule has 1 aliphatic heterocycles. The Morgan fingerprint density at radius 1 is 1.43 bits per heavy atom. The third-order valence-electron chi connectivity index (χ3n) is 3.54. The summed E-state index contributed by atoms with van der Waals surface area (Å²) in [4.78, 5) is 14.0.